The molecule has 0 aliphatic carbocycles. The molecule has 2 heterocycles. The van der Waals surface area contributed by atoms with Crippen molar-refractivity contribution in [3.05, 3.63) is 48.2 Å². The number of benzene rings is 1. The molecule has 1 saturated heterocycles. The average molecular weight is 399 g/mol. The summed E-state index contributed by atoms with van der Waals surface area (Å²) in [5.74, 6) is 2.15. The molecule has 29 heavy (non-hydrogen) atoms. The minimum Gasteiger partial charge on any atom is -0.493 e. The maximum Gasteiger partial charge on any atom is 0.258 e. The van der Waals surface area contributed by atoms with Crippen molar-refractivity contribution < 1.29 is 11.0 Å². The molecule has 6 nitrogen and oxygen atoms in total. The van der Waals surface area contributed by atoms with Gasteiger partial charge in [-0.2, -0.15) is 0 Å². The van der Waals surface area contributed by atoms with Gasteiger partial charge < -0.3 is 19.4 Å². The van der Waals surface area contributed by atoms with E-state index in [1.165, 1.54) is 0 Å². The molecule has 2 aromatic rings. The fourth-order valence-corrected chi connectivity index (χ4v) is 3.40. The normalized spacial score (nSPS) is 16.5. The van der Waals surface area contributed by atoms with Gasteiger partial charge in [0, 0.05) is 33.2 Å². The first-order valence-electron chi connectivity index (χ1n) is 10.2. The fourth-order valence-electron chi connectivity index (χ4n) is 3.40. The van der Waals surface area contributed by atoms with Crippen LogP contribution < -0.4 is 14.5 Å². The number of amides is 1. The van der Waals surface area contributed by atoms with Gasteiger partial charge in [0.25, 0.3) is 5.91 Å². The fraction of sp³-hybridized carbons (Fsp3) is 0.478. The Morgan fingerprint density at radius 3 is 2.48 bits per heavy atom. The van der Waals surface area contributed by atoms with Crippen LogP contribution >= 0.6 is 0 Å². The number of ether oxygens (including phenoxy) is 1. The molecule has 0 bridgehead atoms. The number of likely N-dealkylation sites (N-methyl/N-ethyl adjacent to an activating group) is 1. The van der Waals surface area contributed by atoms with Crippen molar-refractivity contribution >= 4 is 17.4 Å². The van der Waals surface area contributed by atoms with Crippen molar-refractivity contribution in [1.82, 2.24) is 9.88 Å². The zero-order valence-electron chi connectivity index (χ0n) is 18.1. The molecule has 1 aromatic carbocycles. The molecule has 0 spiro atoms. The summed E-state index contributed by atoms with van der Waals surface area (Å²) in [5.41, 5.74) is 1.41. The van der Waals surface area contributed by atoms with Crippen LogP contribution in [0.2, 0.25) is 0 Å². The number of aromatic nitrogens is 1. The van der Waals surface area contributed by atoms with Crippen LogP contribution in [0.15, 0.2) is 42.6 Å². The zero-order chi connectivity index (χ0) is 21.0. The summed E-state index contributed by atoms with van der Waals surface area (Å²) in [6.45, 7) is 6.87. The van der Waals surface area contributed by atoms with Crippen molar-refractivity contribution in [2.75, 3.05) is 50.6 Å². The highest BCUT2D eigenvalue weighted by Crippen LogP contribution is 2.23. The molecule has 3 rings (SSSR count). The van der Waals surface area contributed by atoms with Crippen molar-refractivity contribution in [2.45, 2.75) is 26.3 Å². The van der Waals surface area contributed by atoms with Gasteiger partial charge in [0.15, 0.2) is 0 Å². The topological polar surface area (TPSA) is 48.9 Å². The SMILES string of the molecule is CC(C)COc1ccc(C(=O)N(C)c2ccc(N3CCC(N(C)C)C3)nc2)cc1.[HH]. The van der Waals surface area contributed by atoms with Crippen molar-refractivity contribution in [3.63, 3.8) is 0 Å². The largest absolute Gasteiger partial charge is 0.493 e. The first-order valence-corrected chi connectivity index (χ1v) is 10.2. The van der Waals surface area contributed by atoms with Gasteiger partial charge in [0.1, 0.15) is 11.6 Å². The van der Waals surface area contributed by atoms with Crippen LogP contribution in [0.5, 0.6) is 5.75 Å². The summed E-state index contributed by atoms with van der Waals surface area (Å²) in [4.78, 5) is 23.6. The highest BCUT2D eigenvalue weighted by molar-refractivity contribution is 6.05. The Balaban J connectivity index is 0.00000320. The maximum absolute atomic E-state index is 12.8. The van der Waals surface area contributed by atoms with E-state index in [0.717, 1.165) is 36.8 Å². The summed E-state index contributed by atoms with van der Waals surface area (Å²) in [5, 5.41) is 0. The van der Waals surface area contributed by atoms with E-state index in [0.29, 0.717) is 24.1 Å². The lowest BCUT2D eigenvalue weighted by Gasteiger charge is -2.22. The highest BCUT2D eigenvalue weighted by atomic mass is 16.5. The third-order valence-electron chi connectivity index (χ3n) is 5.33. The predicted octanol–water partition coefficient (Wildman–Crippen LogP) is 3.78. The smallest absolute Gasteiger partial charge is 0.258 e. The van der Waals surface area contributed by atoms with E-state index in [9.17, 15) is 4.79 Å². The molecule has 1 aliphatic rings. The molecule has 158 valence electrons. The monoisotopic (exact) mass is 398 g/mol. The molecule has 0 N–H and O–H groups in total. The van der Waals surface area contributed by atoms with Crippen LogP contribution in [0.25, 0.3) is 0 Å². The van der Waals surface area contributed by atoms with Crippen LogP contribution in [0.4, 0.5) is 11.5 Å². The van der Waals surface area contributed by atoms with Crippen molar-refractivity contribution in [2.24, 2.45) is 5.92 Å². The predicted molar refractivity (Wildman–Crippen MR) is 120 cm³/mol. The Labute approximate surface area is 175 Å². The molecule has 1 amide bonds. The Morgan fingerprint density at radius 2 is 1.93 bits per heavy atom. The first kappa shape index (κ1) is 21.1. The molecule has 0 radical (unpaired) electrons. The lowest BCUT2D eigenvalue weighted by Crippen LogP contribution is -2.31. The molecule has 1 fully saturated rings. The van der Waals surface area contributed by atoms with Crippen LogP contribution in [-0.4, -0.2) is 62.7 Å². The van der Waals surface area contributed by atoms with Gasteiger partial charge in [-0.15, -0.1) is 0 Å². The van der Waals surface area contributed by atoms with Gasteiger partial charge in [0.2, 0.25) is 0 Å². The van der Waals surface area contributed by atoms with E-state index < -0.39 is 0 Å². The Kier molecular flexibility index (Phi) is 6.75. The van der Waals surface area contributed by atoms with Gasteiger partial charge in [-0.1, -0.05) is 13.8 Å². The third-order valence-corrected chi connectivity index (χ3v) is 5.33. The van der Waals surface area contributed by atoms with E-state index in [1.54, 1.807) is 18.1 Å². The molecule has 6 heteroatoms. The molecular formula is C23H34N4O2. The number of hydrogen-bond donors (Lipinski definition) is 0. The van der Waals surface area contributed by atoms with Crippen LogP contribution in [0.1, 0.15) is 32.1 Å². The summed E-state index contributed by atoms with van der Waals surface area (Å²) in [6.07, 6.45) is 2.92. The zero-order valence-corrected chi connectivity index (χ0v) is 18.1. The summed E-state index contributed by atoms with van der Waals surface area (Å²) in [6, 6.07) is 11.8. The molecule has 1 aromatic heterocycles. The molecule has 1 atom stereocenters. The minimum absolute atomic E-state index is 0. The number of hydrogen-bond acceptors (Lipinski definition) is 5. The number of nitrogens with zero attached hydrogens (tertiary/aromatic N) is 4. The van der Waals surface area contributed by atoms with Gasteiger partial charge in [0.05, 0.1) is 18.5 Å². The Bertz CT molecular complexity index is 809. The number of anilines is 2. The molecule has 1 aliphatic heterocycles. The average Bonchev–Trinajstić information content (AvgIpc) is 3.22. The van der Waals surface area contributed by atoms with E-state index in [4.69, 9.17) is 4.74 Å². The van der Waals surface area contributed by atoms with Gasteiger partial charge in [-0.25, -0.2) is 4.98 Å². The highest BCUT2D eigenvalue weighted by Gasteiger charge is 2.25. The van der Waals surface area contributed by atoms with Crippen LogP contribution in [-0.2, 0) is 0 Å². The van der Waals surface area contributed by atoms with E-state index in [-0.39, 0.29) is 7.33 Å². The van der Waals surface area contributed by atoms with Crippen LogP contribution in [0, 0.1) is 5.92 Å². The maximum atomic E-state index is 12.8. The lowest BCUT2D eigenvalue weighted by atomic mass is 10.2. The second-order valence-electron chi connectivity index (χ2n) is 8.32. The number of pyridine rings is 1. The first-order chi connectivity index (χ1) is 13.8. The third kappa shape index (κ3) is 5.26. The van der Waals surface area contributed by atoms with Crippen molar-refractivity contribution in [3.8, 4) is 5.75 Å². The summed E-state index contributed by atoms with van der Waals surface area (Å²) < 4.78 is 5.69. The standard InChI is InChI=1S/C23H32N4O2.H2/c1-17(2)16-29-21-9-6-18(7-10-21)23(28)26(5)19-8-11-22(24-14-19)27-13-12-20(15-27)25(3)4;/h6-11,14,17,20H,12-13,15-16H2,1-5H3;1H. The second kappa shape index (κ2) is 9.27. The molecule has 0 saturated carbocycles. The van der Waals surface area contributed by atoms with Crippen LogP contribution in [0.3, 0.4) is 0 Å². The minimum atomic E-state index is -0.0659. The number of carbonyl (C=O) groups is 1. The van der Waals surface area contributed by atoms with Gasteiger partial charge >= 0.3 is 0 Å². The van der Waals surface area contributed by atoms with E-state index >= 15 is 0 Å². The summed E-state index contributed by atoms with van der Waals surface area (Å²) >= 11 is 0. The Hall–Kier alpha value is -2.60. The Morgan fingerprint density at radius 1 is 1.21 bits per heavy atom. The number of rotatable bonds is 7. The second-order valence-corrected chi connectivity index (χ2v) is 8.32. The van der Waals surface area contributed by atoms with Gasteiger partial charge in [-0.3, -0.25) is 4.79 Å². The van der Waals surface area contributed by atoms with Gasteiger partial charge in [-0.05, 0) is 62.8 Å². The number of carbonyl (C=O) groups excluding carboxylic acids is 1. The van der Waals surface area contributed by atoms with Crippen molar-refractivity contribution in [1.29, 1.82) is 0 Å². The quantitative estimate of drug-likeness (QED) is 0.710. The lowest BCUT2D eigenvalue weighted by molar-refractivity contribution is 0.0993. The summed E-state index contributed by atoms with van der Waals surface area (Å²) in [7, 11) is 6.02. The molecular weight excluding hydrogens is 364 g/mol. The van der Waals surface area contributed by atoms with E-state index in [2.05, 4.69) is 42.7 Å². The molecule has 1 unspecified atom stereocenters. The van der Waals surface area contributed by atoms with E-state index in [1.807, 2.05) is 36.4 Å².